The highest BCUT2D eigenvalue weighted by Gasteiger charge is 2.21. The van der Waals surface area contributed by atoms with Crippen molar-refractivity contribution < 1.29 is 4.79 Å². The Balaban J connectivity index is 1.32. The SMILES string of the molecule is CC1CCN(c2ccc(NCC(=O)Nc3ccnn3C3CCCC3)cc2Cl)CC1. The van der Waals surface area contributed by atoms with Crippen molar-refractivity contribution in [1.29, 1.82) is 0 Å². The van der Waals surface area contributed by atoms with Crippen LogP contribution in [0.15, 0.2) is 30.5 Å². The van der Waals surface area contributed by atoms with E-state index < -0.39 is 0 Å². The van der Waals surface area contributed by atoms with Gasteiger partial charge in [0.1, 0.15) is 5.82 Å². The van der Waals surface area contributed by atoms with E-state index >= 15 is 0 Å². The standard InChI is InChI=1S/C22H30ClN5O/c1-16-9-12-27(13-10-16)20-7-6-17(14-19(20)23)24-15-22(29)26-21-8-11-25-28(21)18-4-2-3-5-18/h6-8,11,14,16,18,24H,2-5,9-10,12-13,15H2,1H3,(H,26,29). The van der Waals surface area contributed by atoms with Crippen molar-refractivity contribution in [2.45, 2.75) is 51.5 Å². The van der Waals surface area contributed by atoms with Gasteiger partial charge in [0, 0.05) is 24.8 Å². The zero-order valence-corrected chi connectivity index (χ0v) is 17.8. The first-order chi connectivity index (χ1) is 14.1. The third-order valence-corrected chi connectivity index (χ3v) is 6.44. The Kier molecular flexibility index (Phi) is 6.28. The topological polar surface area (TPSA) is 62.2 Å². The van der Waals surface area contributed by atoms with E-state index in [1.807, 2.05) is 28.9 Å². The van der Waals surface area contributed by atoms with E-state index in [1.165, 1.54) is 25.7 Å². The molecule has 1 aromatic carbocycles. The molecule has 0 bridgehead atoms. The Morgan fingerprint density at radius 1 is 1.17 bits per heavy atom. The highest BCUT2D eigenvalue weighted by atomic mass is 35.5. The molecule has 2 heterocycles. The quantitative estimate of drug-likeness (QED) is 0.701. The molecule has 2 fully saturated rings. The lowest BCUT2D eigenvalue weighted by atomic mass is 9.99. The van der Waals surface area contributed by atoms with Crippen LogP contribution in [0.3, 0.4) is 0 Å². The molecule has 0 atom stereocenters. The van der Waals surface area contributed by atoms with Gasteiger partial charge in [0.2, 0.25) is 5.91 Å². The zero-order chi connectivity index (χ0) is 20.2. The van der Waals surface area contributed by atoms with Crippen molar-refractivity contribution in [1.82, 2.24) is 9.78 Å². The largest absolute Gasteiger partial charge is 0.376 e. The molecular weight excluding hydrogens is 386 g/mol. The number of piperidine rings is 1. The normalized spacial score (nSPS) is 18.2. The van der Waals surface area contributed by atoms with Crippen molar-refractivity contribution >= 4 is 34.7 Å². The van der Waals surface area contributed by atoms with Gasteiger partial charge in [0.15, 0.2) is 0 Å². The molecule has 6 nitrogen and oxygen atoms in total. The number of carbonyl (C=O) groups is 1. The molecule has 156 valence electrons. The number of aromatic nitrogens is 2. The van der Waals surface area contributed by atoms with E-state index in [0.29, 0.717) is 6.04 Å². The van der Waals surface area contributed by atoms with Crippen LogP contribution in [0, 0.1) is 5.92 Å². The summed E-state index contributed by atoms with van der Waals surface area (Å²) >= 11 is 6.53. The number of hydrogen-bond acceptors (Lipinski definition) is 4. The van der Waals surface area contributed by atoms with Gasteiger partial charge in [-0.2, -0.15) is 5.10 Å². The first kappa shape index (κ1) is 20.1. The molecule has 29 heavy (non-hydrogen) atoms. The summed E-state index contributed by atoms with van der Waals surface area (Å²) in [6, 6.07) is 8.22. The van der Waals surface area contributed by atoms with Crippen LogP contribution in [0.25, 0.3) is 0 Å². The molecular formula is C22H30ClN5O. The van der Waals surface area contributed by atoms with E-state index in [-0.39, 0.29) is 12.5 Å². The molecule has 1 aliphatic carbocycles. The summed E-state index contributed by atoms with van der Waals surface area (Å²) in [5, 5.41) is 11.3. The Hall–Kier alpha value is -2.21. The van der Waals surface area contributed by atoms with Gasteiger partial charge in [0.25, 0.3) is 0 Å². The predicted molar refractivity (Wildman–Crippen MR) is 119 cm³/mol. The van der Waals surface area contributed by atoms with Crippen LogP contribution in [0.5, 0.6) is 0 Å². The number of nitrogens with one attached hydrogen (secondary N) is 2. The lowest BCUT2D eigenvalue weighted by Gasteiger charge is -2.32. The van der Waals surface area contributed by atoms with Gasteiger partial charge in [-0.1, -0.05) is 31.4 Å². The molecule has 1 saturated heterocycles. The van der Waals surface area contributed by atoms with Crippen LogP contribution in [-0.4, -0.2) is 35.3 Å². The molecule has 1 amide bonds. The molecule has 4 rings (SSSR count). The number of amides is 1. The Morgan fingerprint density at radius 2 is 1.93 bits per heavy atom. The lowest BCUT2D eigenvalue weighted by Crippen LogP contribution is -2.32. The predicted octanol–water partition coefficient (Wildman–Crippen LogP) is 4.94. The zero-order valence-electron chi connectivity index (χ0n) is 17.0. The van der Waals surface area contributed by atoms with Crippen molar-refractivity contribution in [3.05, 3.63) is 35.5 Å². The molecule has 2 aliphatic rings. The third-order valence-electron chi connectivity index (χ3n) is 6.13. The number of halogens is 1. The average molecular weight is 416 g/mol. The lowest BCUT2D eigenvalue weighted by molar-refractivity contribution is -0.114. The molecule has 0 radical (unpaired) electrons. The summed E-state index contributed by atoms with van der Waals surface area (Å²) in [5.74, 6) is 1.47. The molecule has 2 aromatic rings. The fourth-order valence-corrected chi connectivity index (χ4v) is 4.65. The molecule has 1 saturated carbocycles. The fraction of sp³-hybridized carbons (Fsp3) is 0.545. The van der Waals surface area contributed by atoms with Crippen LogP contribution in [0.1, 0.15) is 51.5 Å². The summed E-state index contributed by atoms with van der Waals surface area (Å²) in [6.45, 7) is 4.58. The monoisotopic (exact) mass is 415 g/mol. The van der Waals surface area contributed by atoms with Gasteiger partial charge in [-0.05, 0) is 49.8 Å². The van der Waals surface area contributed by atoms with Gasteiger partial charge in [-0.3, -0.25) is 4.79 Å². The minimum absolute atomic E-state index is 0.0880. The van der Waals surface area contributed by atoms with Crippen LogP contribution in [0.4, 0.5) is 17.2 Å². The van der Waals surface area contributed by atoms with Crippen molar-refractivity contribution in [2.24, 2.45) is 5.92 Å². The van der Waals surface area contributed by atoms with Crippen molar-refractivity contribution in [3.8, 4) is 0 Å². The van der Waals surface area contributed by atoms with Gasteiger partial charge in [-0.15, -0.1) is 0 Å². The molecule has 2 N–H and O–H groups in total. The first-order valence-corrected chi connectivity index (χ1v) is 11.1. The highest BCUT2D eigenvalue weighted by Crippen LogP contribution is 2.32. The number of rotatable bonds is 6. The van der Waals surface area contributed by atoms with Gasteiger partial charge < -0.3 is 15.5 Å². The summed E-state index contributed by atoms with van der Waals surface area (Å²) in [4.78, 5) is 14.8. The van der Waals surface area contributed by atoms with Gasteiger partial charge >= 0.3 is 0 Å². The van der Waals surface area contributed by atoms with E-state index in [9.17, 15) is 4.79 Å². The van der Waals surface area contributed by atoms with E-state index in [1.54, 1.807) is 6.20 Å². The Bertz CT molecular complexity index is 837. The maximum absolute atomic E-state index is 12.4. The maximum Gasteiger partial charge on any atom is 0.244 e. The fourth-order valence-electron chi connectivity index (χ4n) is 4.35. The van der Waals surface area contributed by atoms with E-state index in [2.05, 4.69) is 27.6 Å². The average Bonchev–Trinajstić information content (AvgIpc) is 3.39. The number of carbonyl (C=O) groups excluding carboxylic acids is 1. The first-order valence-electron chi connectivity index (χ1n) is 10.7. The summed E-state index contributed by atoms with van der Waals surface area (Å²) < 4.78 is 1.95. The third kappa shape index (κ3) is 4.86. The van der Waals surface area contributed by atoms with Crippen molar-refractivity contribution in [2.75, 3.05) is 35.2 Å². The summed E-state index contributed by atoms with van der Waals surface area (Å²) in [7, 11) is 0. The van der Waals surface area contributed by atoms with Gasteiger partial charge in [-0.25, -0.2) is 4.68 Å². The molecule has 1 aromatic heterocycles. The van der Waals surface area contributed by atoms with E-state index in [0.717, 1.165) is 54.1 Å². The second kappa shape index (κ2) is 9.08. The minimum Gasteiger partial charge on any atom is -0.376 e. The smallest absolute Gasteiger partial charge is 0.244 e. The minimum atomic E-state index is -0.0880. The second-order valence-corrected chi connectivity index (χ2v) is 8.74. The number of benzene rings is 1. The van der Waals surface area contributed by atoms with Crippen LogP contribution >= 0.6 is 11.6 Å². The molecule has 0 unspecified atom stereocenters. The van der Waals surface area contributed by atoms with E-state index in [4.69, 9.17) is 11.6 Å². The maximum atomic E-state index is 12.4. The van der Waals surface area contributed by atoms with Gasteiger partial charge in [0.05, 0.1) is 29.5 Å². The molecule has 0 spiro atoms. The number of hydrogen-bond donors (Lipinski definition) is 2. The van der Waals surface area contributed by atoms with Crippen molar-refractivity contribution in [3.63, 3.8) is 0 Å². The number of anilines is 3. The number of nitrogens with zero attached hydrogens (tertiary/aromatic N) is 3. The van der Waals surface area contributed by atoms with Crippen LogP contribution in [-0.2, 0) is 4.79 Å². The second-order valence-electron chi connectivity index (χ2n) is 8.34. The summed E-state index contributed by atoms with van der Waals surface area (Å²) in [6.07, 6.45) is 8.87. The summed E-state index contributed by atoms with van der Waals surface area (Å²) in [5.41, 5.74) is 1.93. The van der Waals surface area contributed by atoms with Crippen LogP contribution in [0.2, 0.25) is 5.02 Å². The molecule has 7 heteroatoms. The molecule has 1 aliphatic heterocycles. The Labute approximate surface area is 177 Å². The Morgan fingerprint density at radius 3 is 2.66 bits per heavy atom. The van der Waals surface area contributed by atoms with Crippen LogP contribution < -0.4 is 15.5 Å². The highest BCUT2D eigenvalue weighted by molar-refractivity contribution is 6.33.